The maximum Gasteiger partial charge on any atom is 0.345 e. The summed E-state index contributed by atoms with van der Waals surface area (Å²) in [6, 6.07) is 12.8. The number of halogens is 1. The molecule has 2 N–H and O–H groups in total. The van der Waals surface area contributed by atoms with E-state index in [1.54, 1.807) is 18.2 Å². The van der Waals surface area contributed by atoms with Crippen LogP contribution in [0.15, 0.2) is 54.6 Å². The molecule has 1 unspecified atom stereocenters. The third-order valence-electron chi connectivity index (χ3n) is 2.76. The molecule has 0 saturated heterocycles. The van der Waals surface area contributed by atoms with Crippen molar-refractivity contribution < 1.29 is 19.4 Å². The van der Waals surface area contributed by atoms with Gasteiger partial charge in [0.05, 0.1) is 0 Å². The minimum Gasteiger partial charge on any atom is -0.479 e. The molecule has 2 aromatic rings. The summed E-state index contributed by atoms with van der Waals surface area (Å²) < 4.78 is 12.8. The maximum absolute atomic E-state index is 12.8. The van der Waals surface area contributed by atoms with Crippen molar-refractivity contribution in [3.63, 3.8) is 0 Å². The van der Waals surface area contributed by atoms with Crippen LogP contribution in [0, 0.1) is 5.82 Å². The molecule has 0 fully saturated rings. The molecule has 2 aromatic carbocycles. The fourth-order valence-electron chi connectivity index (χ4n) is 1.78. The van der Waals surface area contributed by atoms with Gasteiger partial charge in [-0.1, -0.05) is 42.5 Å². The Balaban J connectivity index is 2.58. The van der Waals surface area contributed by atoms with E-state index >= 15 is 0 Å². The van der Waals surface area contributed by atoms with E-state index in [9.17, 15) is 19.4 Å². The average Bonchev–Trinajstić information content (AvgIpc) is 2.39. The average molecular weight is 246 g/mol. The van der Waals surface area contributed by atoms with Gasteiger partial charge in [0.15, 0.2) is 0 Å². The van der Waals surface area contributed by atoms with Gasteiger partial charge in [0.2, 0.25) is 5.60 Å². The molecule has 92 valence electrons. The van der Waals surface area contributed by atoms with Crippen LogP contribution in [0.4, 0.5) is 4.39 Å². The van der Waals surface area contributed by atoms with Crippen LogP contribution < -0.4 is 0 Å². The molecule has 0 radical (unpaired) electrons. The zero-order valence-electron chi connectivity index (χ0n) is 9.38. The van der Waals surface area contributed by atoms with Crippen LogP contribution >= 0.6 is 0 Å². The number of aliphatic hydroxyl groups is 1. The molecule has 3 nitrogen and oxygen atoms in total. The summed E-state index contributed by atoms with van der Waals surface area (Å²) in [5, 5.41) is 19.7. The first-order valence-electron chi connectivity index (χ1n) is 5.32. The van der Waals surface area contributed by atoms with Gasteiger partial charge < -0.3 is 10.2 Å². The molecule has 0 bridgehead atoms. The van der Waals surface area contributed by atoms with Crippen molar-refractivity contribution >= 4 is 5.97 Å². The van der Waals surface area contributed by atoms with Crippen LogP contribution in [0.3, 0.4) is 0 Å². The van der Waals surface area contributed by atoms with Gasteiger partial charge in [0.25, 0.3) is 0 Å². The Morgan fingerprint density at radius 1 is 0.944 bits per heavy atom. The molecule has 0 aromatic heterocycles. The predicted octanol–water partition coefficient (Wildman–Crippen LogP) is 2.15. The Morgan fingerprint density at radius 3 is 1.94 bits per heavy atom. The Labute approximate surface area is 103 Å². The second-order valence-corrected chi connectivity index (χ2v) is 3.89. The largest absolute Gasteiger partial charge is 0.479 e. The molecule has 1 atom stereocenters. The van der Waals surface area contributed by atoms with Crippen LogP contribution in [-0.4, -0.2) is 16.2 Å². The van der Waals surface area contributed by atoms with Crippen molar-refractivity contribution in [1.29, 1.82) is 0 Å². The summed E-state index contributed by atoms with van der Waals surface area (Å²) in [6.07, 6.45) is 0. The summed E-state index contributed by atoms with van der Waals surface area (Å²) in [5.41, 5.74) is -1.83. The van der Waals surface area contributed by atoms with Crippen molar-refractivity contribution in [3.05, 3.63) is 71.5 Å². The van der Waals surface area contributed by atoms with Gasteiger partial charge in [-0.25, -0.2) is 9.18 Å². The highest BCUT2D eigenvalue weighted by Crippen LogP contribution is 2.29. The van der Waals surface area contributed by atoms with Crippen LogP contribution in [0.5, 0.6) is 0 Å². The number of hydrogen-bond donors (Lipinski definition) is 2. The van der Waals surface area contributed by atoms with Crippen molar-refractivity contribution in [2.45, 2.75) is 5.60 Å². The minimum atomic E-state index is -2.17. The van der Waals surface area contributed by atoms with Crippen LogP contribution in [0.1, 0.15) is 11.1 Å². The molecule has 0 saturated carbocycles. The van der Waals surface area contributed by atoms with E-state index in [1.165, 1.54) is 24.3 Å². The molecule has 4 heteroatoms. The number of carboxylic acids is 1. The highest BCUT2D eigenvalue weighted by molar-refractivity contribution is 5.83. The first kappa shape index (κ1) is 12.3. The number of carbonyl (C=O) groups is 1. The number of aliphatic carboxylic acids is 1. The van der Waals surface area contributed by atoms with E-state index in [0.717, 1.165) is 12.1 Å². The Bertz CT molecular complexity index is 551. The van der Waals surface area contributed by atoms with E-state index < -0.39 is 17.4 Å². The Hall–Kier alpha value is -2.20. The zero-order chi connectivity index (χ0) is 13.2. The first-order chi connectivity index (χ1) is 8.55. The molecular weight excluding hydrogens is 235 g/mol. The quantitative estimate of drug-likeness (QED) is 0.872. The Kier molecular flexibility index (Phi) is 3.12. The van der Waals surface area contributed by atoms with Gasteiger partial charge in [-0.2, -0.15) is 0 Å². The van der Waals surface area contributed by atoms with E-state index in [0.29, 0.717) is 0 Å². The summed E-state index contributed by atoms with van der Waals surface area (Å²) in [6.45, 7) is 0. The van der Waals surface area contributed by atoms with Crippen molar-refractivity contribution in [2.75, 3.05) is 0 Å². The summed E-state index contributed by atoms with van der Waals surface area (Å²) >= 11 is 0. The highest BCUT2D eigenvalue weighted by Gasteiger charge is 2.39. The molecule has 0 heterocycles. The maximum atomic E-state index is 12.8. The SMILES string of the molecule is O=C(O)C(O)(c1ccccc1)c1ccc(F)cc1. The van der Waals surface area contributed by atoms with Crippen molar-refractivity contribution in [3.8, 4) is 0 Å². The second kappa shape index (κ2) is 4.58. The topological polar surface area (TPSA) is 57.5 Å². The third-order valence-corrected chi connectivity index (χ3v) is 2.76. The van der Waals surface area contributed by atoms with E-state index in [2.05, 4.69) is 0 Å². The number of carboxylic acid groups (broad SMARTS) is 1. The molecule has 0 aliphatic carbocycles. The van der Waals surface area contributed by atoms with Gasteiger partial charge in [-0.05, 0) is 23.3 Å². The fraction of sp³-hybridized carbons (Fsp3) is 0.0714. The monoisotopic (exact) mass is 246 g/mol. The van der Waals surface area contributed by atoms with E-state index in [-0.39, 0.29) is 11.1 Å². The number of hydrogen-bond acceptors (Lipinski definition) is 2. The molecule has 0 aliphatic rings. The normalized spacial score (nSPS) is 13.9. The van der Waals surface area contributed by atoms with Gasteiger partial charge in [0.1, 0.15) is 5.82 Å². The standard InChI is InChI=1S/C14H11FO3/c15-12-8-6-11(7-9-12)14(18,13(16)17)10-4-2-1-3-5-10/h1-9,18H,(H,16,17). The molecule has 0 aliphatic heterocycles. The van der Waals surface area contributed by atoms with Crippen LogP contribution in [0.2, 0.25) is 0 Å². The van der Waals surface area contributed by atoms with E-state index in [1.807, 2.05) is 0 Å². The summed E-state index contributed by atoms with van der Waals surface area (Å²) in [4.78, 5) is 11.4. The van der Waals surface area contributed by atoms with Crippen molar-refractivity contribution in [2.24, 2.45) is 0 Å². The Morgan fingerprint density at radius 2 is 1.44 bits per heavy atom. The third kappa shape index (κ3) is 1.98. The summed E-state index contributed by atoms with van der Waals surface area (Å²) in [5.74, 6) is -1.89. The van der Waals surface area contributed by atoms with Crippen molar-refractivity contribution in [1.82, 2.24) is 0 Å². The lowest BCUT2D eigenvalue weighted by atomic mass is 9.86. The van der Waals surface area contributed by atoms with Gasteiger partial charge in [0, 0.05) is 0 Å². The predicted molar refractivity (Wildman–Crippen MR) is 63.5 cm³/mol. The number of rotatable bonds is 3. The highest BCUT2D eigenvalue weighted by atomic mass is 19.1. The molecule has 0 amide bonds. The first-order valence-corrected chi connectivity index (χ1v) is 5.32. The smallest absolute Gasteiger partial charge is 0.345 e. The van der Waals surface area contributed by atoms with Gasteiger partial charge in [-0.3, -0.25) is 0 Å². The molecule has 18 heavy (non-hydrogen) atoms. The van der Waals surface area contributed by atoms with Gasteiger partial charge in [-0.15, -0.1) is 0 Å². The summed E-state index contributed by atoms with van der Waals surface area (Å²) in [7, 11) is 0. The fourth-order valence-corrected chi connectivity index (χ4v) is 1.78. The lowest BCUT2D eigenvalue weighted by molar-refractivity contribution is -0.155. The van der Waals surface area contributed by atoms with Gasteiger partial charge >= 0.3 is 5.97 Å². The minimum absolute atomic E-state index is 0.114. The lowest BCUT2D eigenvalue weighted by Gasteiger charge is -2.24. The number of benzene rings is 2. The molecular formula is C14H11FO3. The molecule has 0 spiro atoms. The second-order valence-electron chi connectivity index (χ2n) is 3.89. The lowest BCUT2D eigenvalue weighted by Crippen LogP contribution is -2.36. The van der Waals surface area contributed by atoms with Crippen LogP contribution in [0.25, 0.3) is 0 Å². The molecule has 2 rings (SSSR count). The van der Waals surface area contributed by atoms with E-state index in [4.69, 9.17) is 0 Å². The van der Waals surface area contributed by atoms with Crippen LogP contribution in [-0.2, 0) is 10.4 Å². The zero-order valence-corrected chi connectivity index (χ0v) is 9.38.